The highest BCUT2D eigenvalue weighted by Crippen LogP contribution is 2.16. The molecule has 0 saturated carbocycles. The average Bonchev–Trinajstić information content (AvgIpc) is 2.29. The van der Waals surface area contributed by atoms with Gasteiger partial charge in [-0.1, -0.05) is 13.8 Å². The van der Waals surface area contributed by atoms with Crippen molar-refractivity contribution in [2.45, 2.75) is 46.6 Å². The average molecular weight is 224 g/mol. The van der Waals surface area contributed by atoms with Crippen molar-refractivity contribution < 1.29 is 4.74 Å². The van der Waals surface area contributed by atoms with Gasteiger partial charge < -0.3 is 9.72 Å². The summed E-state index contributed by atoms with van der Waals surface area (Å²) in [6.07, 6.45) is 1.47. The van der Waals surface area contributed by atoms with Crippen LogP contribution in [0.4, 0.5) is 0 Å². The number of ether oxygens (including phenoxy) is 1. The SMILES string of the molecule is CCOC(CC)c1nc(CC)c(C)c(=O)[nH]1. The summed E-state index contributed by atoms with van der Waals surface area (Å²) < 4.78 is 5.54. The summed E-state index contributed by atoms with van der Waals surface area (Å²) >= 11 is 0. The molecule has 0 aromatic carbocycles. The summed E-state index contributed by atoms with van der Waals surface area (Å²) in [6, 6.07) is 0. The standard InChI is InChI=1S/C12H20N2O2/c1-5-9-8(4)12(15)14-11(13-9)10(6-2)16-7-3/h10H,5-7H2,1-4H3,(H,13,14,15). The maximum absolute atomic E-state index is 11.7. The lowest BCUT2D eigenvalue weighted by Crippen LogP contribution is -2.20. The molecule has 1 heterocycles. The van der Waals surface area contributed by atoms with Crippen LogP contribution in [0.5, 0.6) is 0 Å². The van der Waals surface area contributed by atoms with E-state index in [0.717, 1.165) is 18.5 Å². The van der Waals surface area contributed by atoms with Crippen molar-refractivity contribution in [3.05, 3.63) is 27.4 Å². The lowest BCUT2D eigenvalue weighted by molar-refractivity contribution is 0.0531. The van der Waals surface area contributed by atoms with Crippen LogP contribution in [0.15, 0.2) is 4.79 Å². The van der Waals surface area contributed by atoms with E-state index in [1.54, 1.807) is 6.92 Å². The van der Waals surface area contributed by atoms with Crippen molar-refractivity contribution in [2.24, 2.45) is 0 Å². The van der Waals surface area contributed by atoms with Gasteiger partial charge in [0.2, 0.25) is 0 Å². The first-order valence-corrected chi connectivity index (χ1v) is 5.85. The molecule has 0 aliphatic carbocycles. The minimum absolute atomic E-state index is 0.0556. The zero-order chi connectivity index (χ0) is 12.1. The fourth-order valence-corrected chi connectivity index (χ4v) is 1.69. The van der Waals surface area contributed by atoms with Gasteiger partial charge in [0, 0.05) is 12.2 Å². The summed E-state index contributed by atoms with van der Waals surface area (Å²) in [5.41, 5.74) is 1.51. The van der Waals surface area contributed by atoms with Crippen LogP contribution < -0.4 is 5.56 Å². The Balaban J connectivity index is 3.14. The molecule has 1 unspecified atom stereocenters. The van der Waals surface area contributed by atoms with E-state index in [1.165, 1.54) is 0 Å². The number of aryl methyl sites for hydroxylation is 1. The van der Waals surface area contributed by atoms with Gasteiger partial charge in [0.1, 0.15) is 11.9 Å². The Hall–Kier alpha value is -1.16. The zero-order valence-electron chi connectivity index (χ0n) is 10.5. The highest BCUT2D eigenvalue weighted by atomic mass is 16.5. The smallest absolute Gasteiger partial charge is 0.254 e. The fourth-order valence-electron chi connectivity index (χ4n) is 1.69. The van der Waals surface area contributed by atoms with E-state index in [0.29, 0.717) is 18.0 Å². The van der Waals surface area contributed by atoms with Crippen LogP contribution >= 0.6 is 0 Å². The van der Waals surface area contributed by atoms with Crippen LogP contribution in [0.2, 0.25) is 0 Å². The summed E-state index contributed by atoms with van der Waals surface area (Å²) in [6.45, 7) is 8.38. The van der Waals surface area contributed by atoms with E-state index < -0.39 is 0 Å². The van der Waals surface area contributed by atoms with Crippen molar-refractivity contribution >= 4 is 0 Å². The maximum atomic E-state index is 11.7. The van der Waals surface area contributed by atoms with Gasteiger partial charge in [-0.25, -0.2) is 4.98 Å². The molecule has 0 fully saturated rings. The number of aromatic amines is 1. The Labute approximate surface area is 96.1 Å². The molecule has 1 aromatic heterocycles. The fraction of sp³-hybridized carbons (Fsp3) is 0.667. The molecule has 90 valence electrons. The summed E-state index contributed by atoms with van der Waals surface area (Å²) in [5, 5.41) is 0. The molecule has 0 aliphatic heterocycles. The highest BCUT2D eigenvalue weighted by molar-refractivity contribution is 5.16. The van der Waals surface area contributed by atoms with E-state index in [1.807, 2.05) is 20.8 Å². The van der Waals surface area contributed by atoms with Crippen LogP contribution in [0.25, 0.3) is 0 Å². The second kappa shape index (κ2) is 5.80. The first-order valence-electron chi connectivity index (χ1n) is 5.85. The molecule has 1 rings (SSSR count). The monoisotopic (exact) mass is 224 g/mol. The topological polar surface area (TPSA) is 55.0 Å². The van der Waals surface area contributed by atoms with Gasteiger partial charge in [-0.15, -0.1) is 0 Å². The molecule has 0 saturated heterocycles. The largest absolute Gasteiger partial charge is 0.371 e. The van der Waals surface area contributed by atoms with Gasteiger partial charge in [-0.05, 0) is 26.7 Å². The summed E-state index contributed by atoms with van der Waals surface area (Å²) in [7, 11) is 0. The van der Waals surface area contributed by atoms with Crippen molar-refractivity contribution in [3.63, 3.8) is 0 Å². The van der Waals surface area contributed by atoms with E-state index in [-0.39, 0.29) is 11.7 Å². The van der Waals surface area contributed by atoms with E-state index in [4.69, 9.17) is 4.74 Å². The van der Waals surface area contributed by atoms with Crippen LogP contribution in [0.3, 0.4) is 0 Å². The first kappa shape index (κ1) is 12.9. The number of H-pyrrole nitrogens is 1. The van der Waals surface area contributed by atoms with Gasteiger partial charge in [0.15, 0.2) is 0 Å². The Kier molecular flexibility index (Phi) is 4.68. The summed E-state index contributed by atoms with van der Waals surface area (Å²) in [4.78, 5) is 18.9. The predicted molar refractivity (Wildman–Crippen MR) is 63.6 cm³/mol. The number of nitrogens with one attached hydrogen (secondary N) is 1. The highest BCUT2D eigenvalue weighted by Gasteiger charge is 2.14. The van der Waals surface area contributed by atoms with Gasteiger partial charge in [-0.2, -0.15) is 0 Å². The molecule has 0 aliphatic rings. The molecule has 1 aromatic rings. The summed E-state index contributed by atoms with van der Waals surface area (Å²) in [5.74, 6) is 0.650. The number of aromatic nitrogens is 2. The molecular formula is C12H20N2O2. The molecule has 16 heavy (non-hydrogen) atoms. The first-order chi connectivity index (χ1) is 7.63. The van der Waals surface area contributed by atoms with Crippen molar-refractivity contribution in [2.75, 3.05) is 6.61 Å². The third kappa shape index (κ3) is 2.70. The molecule has 4 nitrogen and oxygen atoms in total. The normalized spacial score (nSPS) is 12.8. The minimum Gasteiger partial charge on any atom is -0.371 e. The van der Waals surface area contributed by atoms with Crippen LogP contribution in [-0.4, -0.2) is 16.6 Å². The maximum Gasteiger partial charge on any atom is 0.254 e. The van der Waals surface area contributed by atoms with Crippen LogP contribution in [-0.2, 0) is 11.2 Å². The number of hydrogen-bond acceptors (Lipinski definition) is 3. The molecule has 4 heteroatoms. The third-order valence-corrected chi connectivity index (χ3v) is 2.65. The lowest BCUT2D eigenvalue weighted by Gasteiger charge is -2.15. The Morgan fingerprint density at radius 1 is 1.38 bits per heavy atom. The van der Waals surface area contributed by atoms with Crippen molar-refractivity contribution in [3.8, 4) is 0 Å². The van der Waals surface area contributed by atoms with Crippen LogP contribution in [0, 0.1) is 6.92 Å². The molecule has 0 radical (unpaired) electrons. The Morgan fingerprint density at radius 3 is 2.56 bits per heavy atom. The van der Waals surface area contributed by atoms with Crippen molar-refractivity contribution in [1.82, 2.24) is 9.97 Å². The minimum atomic E-state index is -0.108. The van der Waals surface area contributed by atoms with Gasteiger partial charge in [0.25, 0.3) is 5.56 Å². The van der Waals surface area contributed by atoms with Gasteiger partial charge in [0.05, 0.1) is 5.69 Å². The predicted octanol–water partition coefficient (Wildman–Crippen LogP) is 2.13. The second-order valence-electron chi connectivity index (χ2n) is 3.73. The lowest BCUT2D eigenvalue weighted by atomic mass is 10.2. The van der Waals surface area contributed by atoms with Gasteiger partial charge >= 0.3 is 0 Å². The number of rotatable bonds is 5. The molecule has 0 bridgehead atoms. The molecule has 0 amide bonds. The Morgan fingerprint density at radius 2 is 2.06 bits per heavy atom. The second-order valence-corrected chi connectivity index (χ2v) is 3.73. The molecular weight excluding hydrogens is 204 g/mol. The zero-order valence-corrected chi connectivity index (χ0v) is 10.5. The number of hydrogen-bond donors (Lipinski definition) is 1. The number of nitrogens with zero attached hydrogens (tertiary/aromatic N) is 1. The van der Waals surface area contributed by atoms with E-state index in [2.05, 4.69) is 9.97 Å². The van der Waals surface area contributed by atoms with E-state index >= 15 is 0 Å². The van der Waals surface area contributed by atoms with Crippen LogP contribution in [0.1, 0.15) is 50.4 Å². The Bertz CT molecular complexity index is 398. The quantitative estimate of drug-likeness (QED) is 0.833. The third-order valence-electron chi connectivity index (χ3n) is 2.65. The van der Waals surface area contributed by atoms with E-state index in [9.17, 15) is 4.79 Å². The molecule has 1 N–H and O–H groups in total. The van der Waals surface area contributed by atoms with Crippen molar-refractivity contribution in [1.29, 1.82) is 0 Å². The molecule has 1 atom stereocenters. The molecule has 0 spiro atoms. The van der Waals surface area contributed by atoms with Gasteiger partial charge in [-0.3, -0.25) is 4.79 Å².